The van der Waals surface area contributed by atoms with Crippen molar-refractivity contribution in [2.75, 3.05) is 0 Å². The molecule has 4 fully saturated rings. The first-order valence-corrected chi connectivity index (χ1v) is 8.16. The van der Waals surface area contributed by atoms with Crippen molar-refractivity contribution in [3.05, 3.63) is 51.3 Å². The lowest BCUT2D eigenvalue weighted by Crippen LogP contribution is -2.95. The summed E-state index contributed by atoms with van der Waals surface area (Å²) in [6, 6.07) is 11.6. The molecule has 0 unspecified atom stereocenters. The molecule has 1 aromatic carbocycles. The van der Waals surface area contributed by atoms with Gasteiger partial charge in [-0.2, -0.15) is 5.26 Å². The highest BCUT2D eigenvalue weighted by molar-refractivity contribution is 5.48. The summed E-state index contributed by atoms with van der Waals surface area (Å²) in [6.45, 7) is 0. The van der Waals surface area contributed by atoms with Crippen molar-refractivity contribution in [3.8, 4) is 11.8 Å². The van der Waals surface area contributed by atoms with E-state index in [1.54, 1.807) is 21.5 Å². The molecule has 6 heteroatoms. The predicted octanol–water partition coefficient (Wildman–Crippen LogP) is 0.542. The first kappa shape index (κ1) is 11.1. The SMILES string of the molecule is N#C[C@]12[C@@H]3[C@@H]4[C@@H]5[C@@H]3[C@H]1n1c(=O)n(-c3ccccc3)c(=O)n1[C@H]5[C@H]42. The minimum atomic E-state index is -0.353. The van der Waals surface area contributed by atoms with E-state index in [0.29, 0.717) is 35.3 Å². The number of benzene rings is 1. The Bertz CT molecular complexity index is 1090. The molecule has 4 aliphatic carbocycles. The topological polar surface area (TPSA) is 72.7 Å². The molecule has 6 aliphatic rings. The third-order valence-electron chi connectivity index (χ3n) is 7.61. The van der Waals surface area contributed by atoms with E-state index in [-0.39, 0.29) is 28.9 Å². The largest absolute Gasteiger partial charge is 0.352 e. The van der Waals surface area contributed by atoms with Crippen molar-refractivity contribution >= 4 is 0 Å². The van der Waals surface area contributed by atoms with Crippen LogP contribution in [0.2, 0.25) is 0 Å². The average Bonchev–Trinajstić information content (AvgIpc) is 2.78. The highest BCUT2D eigenvalue weighted by Crippen LogP contribution is 2.96. The number of hydrogen-bond acceptors (Lipinski definition) is 3. The first-order chi connectivity index (χ1) is 11.2. The molecule has 2 bridgehead atoms. The van der Waals surface area contributed by atoms with Gasteiger partial charge in [0.05, 0.1) is 29.3 Å². The Balaban J connectivity index is 1.57. The molecule has 0 amide bonds. The molecule has 2 aliphatic heterocycles. The maximum atomic E-state index is 13.0. The fourth-order valence-corrected chi connectivity index (χ4v) is 7.12. The van der Waals surface area contributed by atoms with E-state index in [2.05, 4.69) is 6.07 Å². The number of aromatic nitrogens is 3. The van der Waals surface area contributed by atoms with Gasteiger partial charge in [-0.1, -0.05) is 18.2 Å². The van der Waals surface area contributed by atoms with Crippen LogP contribution < -0.4 is 11.4 Å². The van der Waals surface area contributed by atoms with Gasteiger partial charge in [0.25, 0.3) is 0 Å². The lowest BCUT2D eigenvalue weighted by atomic mass is 9.11. The van der Waals surface area contributed by atoms with E-state index in [4.69, 9.17) is 0 Å². The Morgan fingerprint density at radius 3 is 2.43 bits per heavy atom. The molecular weight excluding hydrogens is 292 g/mol. The Kier molecular flexibility index (Phi) is 1.36. The third-order valence-corrected chi connectivity index (χ3v) is 7.61. The second kappa shape index (κ2) is 2.82. The van der Waals surface area contributed by atoms with Gasteiger partial charge in [-0.3, -0.25) is 0 Å². The molecule has 0 radical (unpaired) electrons. The van der Waals surface area contributed by atoms with Crippen molar-refractivity contribution in [2.45, 2.75) is 12.1 Å². The molecule has 4 saturated carbocycles. The molecule has 2 aromatic rings. The van der Waals surface area contributed by atoms with Crippen LogP contribution in [-0.2, 0) is 0 Å². The van der Waals surface area contributed by atoms with E-state index >= 15 is 0 Å². The highest BCUT2D eigenvalue weighted by atomic mass is 16.2. The van der Waals surface area contributed by atoms with Crippen LogP contribution >= 0.6 is 0 Å². The van der Waals surface area contributed by atoms with Crippen LogP contribution in [0.25, 0.3) is 5.69 Å². The first-order valence-electron chi connectivity index (χ1n) is 8.16. The summed E-state index contributed by atoms with van der Waals surface area (Å²) in [5.41, 5.74) is -0.267. The molecule has 8 rings (SSSR count). The van der Waals surface area contributed by atoms with Gasteiger partial charge in [-0.05, 0) is 35.8 Å². The number of nitriles is 1. The molecule has 112 valence electrons. The zero-order chi connectivity index (χ0) is 15.2. The molecule has 3 heterocycles. The van der Waals surface area contributed by atoms with E-state index in [1.165, 1.54) is 4.57 Å². The fourth-order valence-electron chi connectivity index (χ4n) is 7.12. The third kappa shape index (κ3) is 0.724. The maximum absolute atomic E-state index is 13.0. The summed E-state index contributed by atoms with van der Waals surface area (Å²) in [5, 5.41) is 9.77. The van der Waals surface area contributed by atoms with Crippen LogP contribution in [0.15, 0.2) is 39.9 Å². The molecular formula is C17H12N4O2. The van der Waals surface area contributed by atoms with E-state index < -0.39 is 0 Å². The monoisotopic (exact) mass is 304 g/mol. The van der Waals surface area contributed by atoms with Crippen molar-refractivity contribution in [3.63, 3.8) is 0 Å². The fraction of sp³-hybridized carbons (Fsp3) is 0.471. The van der Waals surface area contributed by atoms with Crippen LogP contribution in [0.4, 0.5) is 0 Å². The maximum Gasteiger partial charge on any atom is 0.352 e. The summed E-state index contributed by atoms with van der Waals surface area (Å²) in [7, 11) is 0. The molecule has 0 spiro atoms. The average molecular weight is 304 g/mol. The van der Waals surface area contributed by atoms with Gasteiger partial charge in [0.15, 0.2) is 0 Å². The molecule has 8 atom stereocenters. The van der Waals surface area contributed by atoms with E-state index in [9.17, 15) is 14.9 Å². The number of para-hydroxylation sites is 1. The summed E-state index contributed by atoms with van der Waals surface area (Å²) >= 11 is 0. The van der Waals surface area contributed by atoms with Crippen LogP contribution in [0.1, 0.15) is 12.1 Å². The highest BCUT2D eigenvalue weighted by Gasteiger charge is 2.97. The summed E-state index contributed by atoms with van der Waals surface area (Å²) in [5.74, 6) is 2.45. The van der Waals surface area contributed by atoms with Gasteiger partial charge in [0, 0.05) is 5.92 Å². The molecule has 6 nitrogen and oxygen atoms in total. The normalized spacial score (nSPS) is 48.0. The summed E-state index contributed by atoms with van der Waals surface area (Å²) in [4.78, 5) is 25.9. The zero-order valence-corrected chi connectivity index (χ0v) is 12.0. The molecule has 1 aromatic heterocycles. The zero-order valence-electron chi connectivity index (χ0n) is 12.0. The van der Waals surface area contributed by atoms with E-state index in [1.807, 2.05) is 18.2 Å². The Morgan fingerprint density at radius 2 is 1.70 bits per heavy atom. The van der Waals surface area contributed by atoms with Crippen LogP contribution in [0.5, 0.6) is 0 Å². The Morgan fingerprint density at radius 1 is 0.957 bits per heavy atom. The number of nitrogens with zero attached hydrogens (tertiary/aromatic N) is 4. The van der Waals surface area contributed by atoms with Crippen molar-refractivity contribution < 1.29 is 0 Å². The quantitative estimate of drug-likeness (QED) is 0.772. The van der Waals surface area contributed by atoms with E-state index in [0.717, 1.165) is 0 Å². The van der Waals surface area contributed by atoms with Crippen molar-refractivity contribution in [1.29, 1.82) is 5.26 Å². The molecule has 0 saturated heterocycles. The predicted molar refractivity (Wildman–Crippen MR) is 77.9 cm³/mol. The number of hydrogen-bond donors (Lipinski definition) is 0. The van der Waals surface area contributed by atoms with Gasteiger partial charge < -0.3 is 0 Å². The Hall–Kier alpha value is -2.55. The van der Waals surface area contributed by atoms with Crippen LogP contribution in [-0.4, -0.2) is 13.9 Å². The minimum absolute atomic E-state index is 0.0739. The standard InChI is InChI=1S/C17H12N4O2/c18-6-17-11-9-8-10(11)14(17)21-16(23)19(7-4-2-1-3-5-7)15(22)20(21)13(8)12(9)17/h1-5,8-14H/t8-,9+,10+,11-,12+,13-,14-,17-/m1/s1. The van der Waals surface area contributed by atoms with Gasteiger partial charge in [0.1, 0.15) is 0 Å². The van der Waals surface area contributed by atoms with Gasteiger partial charge in [-0.25, -0.2) is 23.5 Å². The van der Waals surface area contributed by atoms with Crippen molar-refractivity contribution in [1.82, 2.24) is 13.9 Å². The lowest BCUT2D eigenvalue weighted by molar-refractivity contribution is -0.482. The summed E-state index contributed by atoms with van der Waals surface area (Å²) < 4.78 is 4.59. The van der Waals surface area contributed by atoms with Gasteiger partial charge in [0.2, 0.25) is 0 Å². The Labute approximate surface area is 130 Å². The second-order valence-electron chi connectivity index (χ2n) is 7.69. The smallest absolute Gasteiger partial charge is 0.245 e. The number of rotatable bonds is 1. The lowest BCUT2D eigenvalue weighted by Gasteiger charge is -2.94. The van der Waals surface area contributed by atoms with Gasteiger partial charge in [-0.15, -0.1) is 0 Å². The van der Waals surface area contributed by atoms with Crippen LogP contribution in [0.3, 0.4) is 0 Å². The minimum Gasteiger partial charge on any atom is -0.245 e. The van der Waals surface area contributed by atoms with Crippen LogP contribution in [0, 0.1) is 46.3 Å². The second-order valence-corrected chi connectivity index (χ2v) is 7.69. The molecule has 0 N–H and O–H groups in total. The molecule has 23 heavy (non-hydrogen) atoms. The summed E-state index contributed by atoms with van der Waals surface area (Å²) in [6.07, 6.45) is 0. The van der Waals surface area contributed by atoms with Gasteiger partial charge >= 0.3 is 11.4 Å². The van der Waals surface area contributed by atoms with Crippen molar-refractivity contribution in [2.24, 2.45) is 35.0 Å².